The normalized spacial score (nSPS) is 22.8. The number of benzene rings is 2. The van der Waals surface area contributed by atoms with Gasteiger partial charge in [-0.3, -0.25) is 9.69 Å². The summed E-state index contributed by atoms with van der Waals surface area (Å²) in [6.45, 7) is 10.6. The average molecular weight is 593 g/mol. The zero-order valence-electron chi connectivity index (χ0n) is 25.5. The first-order chi connectivity index (χ1) is 21.5. The second kappa shape index (κ2) is 11.8. The van der Waals surface area contributed by atoms with Crippen molar-refractivity contribution in [1.82, 2.24) is 19.8 Å². The molecule has 44 heavy (non-hydrogen) atoms. The molecule has 0 spiro atoms. The van der Waals surface area contributed by atoms with Crippen molar-refractivity contribution in [3.05, 3.63) is 71.4 Å². The van der Waals surface area contributed by atoms with E-state index in [0.717, 1.165) is 43.0 Å². The smallest absolute Gasteiger partial charge is 0.318 e. The Bertz CT molecular complexity index is 1620. The van der Waals surface area contributed by atoms with Crippen LogP contribution in [0.15, 0.2) is 49.1 Å². The fraction of sp³-hybridized carbons (Fsp3) is 0.486. The zero-order chi connectivity index (χ0) is 30.3. The molecule has 9 heteroatoms. The molecule has 4 aliphatic heterocycles. The van der Waals surface area contributed by atoms with Crippen LogP contribution in [0.3, 0.4) is 0 Å². The van der Waals surface area contributed by atoms with Gasteiger partial charge in [-0.15, -0.1) is 0 Å². The Morgan fingerprint density at radius 3 is 2.73 bits per heavy atom. The lowest BCUT2D eigenvalue weighted by Gasteiger charge is -2.42. The fourth-order valence-corrected chi connectivity index (χ4v) is 7.98. The van der Waals surface area contributed by atoms with E-state index in [4.69, 9.17) is 19.4 Å². The second-order valence-corrected chi connectivity index (χ2v) is 12.7. The van der Waals surface area contributed by atoms with Gasteiger partial charge in [0.25, 0.3) is 0 Å². The van der Waals surface area contributed by atoms with Crippen LogP contribution < -0.4 is 9.64 Å². The highest BCUT2D eigenvalue weighted by molar-refractivity contribution is 5.89. The summed E-state index contributed by atoms with van der Waals surface area (Å²) in [4.78, 5) is 29.2. The Hall–Kier alpha value is -4.00. The molecule has 0 aliphatic carbocycles. The van der Waals surface area contributed by atoms with Gasteiger partial charge in [-0.1, -0.05) is 43.0 Å². The van der Waals surface area contributed by atoms with Gasteiger partial charge in [-0.25, -0.2) is 0 Å². The molecule has 9 nitrogen and oxygen atoms in total. The molecule has 0 radical (unpaired) electrons. The largest absolute Gasteiger partial charge is 0.461 e. The van der Waals surface area contributed by atoms with Crippen LogP contribution in [0.2, 0.25) is 0 Å². The summed E-state index contributed by atoms with van der Waals surface area (Å²) in [5, 5.41) is 12.0. The molecular weight excluding hydrogens is 552 g/mol. The number of amides is 1. The molecule has 3 aromatic rings. The summed E-state index contributed by atoms with van der Waals surface area (Å²) >= 11 is 0. The summed E-state index contributed by atoms with van der Waals surface area (Å²) in [7, 11) is 0. The summed E-state index contributed by atoms with van der Waals surface area (Å²) in [5.74, 6) is 0.644. The first-order valence-electron chi connectivity index (χ1n) is 15.9. The lowest BCUT2D eigenvalue weighted by Crippen LogP contribution is -2.55. The minimum atomic E-state index is -0.255. The van der Waals surface area contributed by atoms with Gasteiger partial charge in [0.2, 0.25) is 5.91 Å². The van der Waals surface area contributed by atoms with Crippen LogP contribution in [0.1, 0.15) is 60.6 Å². The number of nitriles is 1. The minimum absolute atomic E-state index is 0.0835. The van der Waals surface area contributed by atoms with E-state index in [-0.39, 0.29) is 30.0 Å². The Morgan fingerprint density at radius 2 is 1.95 bits per heavy atom. The van der Waals surface area contributed by atoms with Crippen LogP contribution in [-0.4, -0.2) is 76.6 Å². The molecule has 0 saturated carbocycles. The molecule has 3 fully saturated rings. The van der Waals surface area contributed by atoms with E-state index in [1.54, 1.807) is 4.90 Å². The van der Waals surface area contributed by atoms with Crippen LogP contribution >= 0.6 is 0 Å². The molecule has 1 amide bonds. The minimum Gasteiger partial charge on any atom is -0.461 e. The Kier molecular flexibility index (Phi) is 7.73. The van der Waals surface area contributed by atoms with Gasteiger partial charge < -0.3 is 19.3 Å². The standard InChI is InChI=1S/C35H40N6O3/c1-3-31(42)41-19-18-39(21-26(41)12-15-36)33-28-22-43-30(27-11-5-10-25-9-4-8-24(2)32(25)27)20-29(28)37-34(38-33)44-23-35-13-6-16-40(35)17-7-14-35/h3-5,8-11,26,30H,1,6-7,12-14,16-23H2,2H3/t26-,30?/m0/s1. The topological polar surface area (TPSA) is 94.8 Å². The Balaban J connectivity index is 1.23. The lowest BCUT2D eigenvalue weighted by atomic mass is 9.92. The van der Waals surface area contributed by atoms with Crippen LogP contribution in [-0.2, 0) is 22.6 Å². The van der Waals surface area contributed by atoms with E-state index in [1.165, 1.54) is 40.8 Å². The fourth-order valence-electron chi connectivity index (χ4n) is 7.98. The van der Waals surface area contributed by atoms with Gasteiger partial charge >= 0.3 is 6.01 Å². The second-order valence-electron chi connectivity index (χ2n) is 12.7. The third kappa shape index (κ3) is 5.10. The van der Waals surface area contributed by atoms with Gasteiger partial charge in [-0.05, 0) is 73.7 Å². The number of piperazine rings is 1. The van der Waals surface area contributed by atoms with Crippen molar-refractivity contribution in [2.24, 2.45) is 0 Å². The molecule has 0 bridgehead atoms. The number of nitrogens with zero attached hydrogens (tertiary/aromatic N) is 6. The molecule has 5 heterocycles. The number of ether oxygens (including phenoxy) is 2. The molecule has 1 aromatic heterocycles. The molecule has 2 aromatic carbocycles. The van der Waals surface area contributed by atoms with Gasteiger partial charge in [0, 0.05) is 31.6 Å². The maximum Gasteiger partial charge on any atom is 0.318 e. The number of fused-ring (bicyclic) bond motifs is 3. The predicted molar refractivity (Wildman–Crippen MR) is 168 cm³/mol. The Labute approximate surface area is 259 Å². The summed E-state index contributed by atoms with van der Waals surface area (Å²) in [6.07, 6.45) is 6.75. The van der Waals surface area contributed by atoms with Gasteiger partial charge in [0.15, 0.2) is 0 Å². The van der Waals surface area contributed by atoms with Gasteiger partial charge in [0.1, 0.15) is 12.4 Å². The molecule has 228 valence electrons. The van der Waals surface area contributed by atoms with E-state index in [1.807, 2.05) is 0 Å². The molecule has 7 rings (SSSR count). The van der Waals surface area contributed by atoms with E-state index in [9.17, 15) is 10.1 Å². The van der Waals surface area contributed by atoms with Crippen molar-refractivity contribution in [1.29, 1.82) is 5.26 Å². The number of aryl methyl sites for hydroxylation is 1. The van der Waals surface area contributed by atoms with Crippen LogP contribution in [0, 0.1) is 18.3 Å². The molecule has 3 saturated heterocycles. The van der Waals surface area contributed by atoms with Crippen molar-refractivity contribution in [3.63, 3.8) is 0 Å². The van der Waals surface area contributed by atoms with Crippen molar-refractivity contribution in [2.75, 3.05) is 44.2 Å². The van der Waals surface area contributed by atoms with E-state index in [0.29, 0.717) is 45.3 Å². The van der Waals surface area contributed by atoms with Crippen LogP contribution in [0.25, 0.3) is 10.8 Å². The first-order valence-corrected chi connectivity index (χ1v) is 15.9. The lowest BCUT2D eigenvalue weighted by molar-refractivity contribution is -0.128. The van der Waals surface area contributed by atoms with E-state index >= 15 is 0 Å². The Morgan fingerprint density at radius 1 is 1.16 bits per heavy atom. The van der Waals surface area contributed by atoms with Gasteiger partial charge in [-0.2, -0.15) is 15.2 Å². The third-order valence-corrected chi connectivity index (χ3v) is 10.2. The highest BCUT2D eigenvalue weighted by Crippen LogP contribution is 2.41. The van der Waals surface area contributed by atoms with Crippen molar-refractivity contribution in [3.8, 4) is 12.1 Å². The number of carbonyl (C=O) groups excluding carboxylic acids is 1. The highest BCUT2D eigenvalue weighted by Gasteiger charge is 2.45. The summed E-state index contributed by atoms with van der Waals surface area (Å²) < 4.78 is 13.1. The van der Waals surface area contributed by atoms with Crippen LogP contribution in [0.5, 0.6) is 6.01 Å². The van der Waals surface area contributed by atoms with Crippen LogP contribution in [0.4, 0.5) is 5.82 Å². The third-order valence-electron chi connectivity index (χ3n) is 10.2. The number of hydrogen-bond acceptors (Lipinski definition) is 8. The maximum absolute atomic E-state index is 12.6. The van der Waals surface area contributed by atoms with E-state index < -0.39 is 0 Å². The highest BCUT2D eigenvalue weighted by atomic mass is 16.5. The van der Waals surface area contributed by atoms with Crippen molar-refractivity contribution >= 4 is 22.5 Å². The maximum atomic E-state index is 12.6. The quantitative estimate of drug-likeness (QED) is 0.359. The average Bonchev–Trinajstić information content (AvgIpc) is 3.63. The monoisotopic (exact) mass is 592 g/mol. The number of aromatic nitrogens is 2. The zero-order valence-corrected chi connectivity index (χ0v) is 25.5. The number of carbonyl (C=O) groups is 1. The van der Waals surface area contributed by atoms with Gasteiger partial charge in [0.05, 0.1) is 42.5 Å². The SMILES string of the molecule is C=CC(=O)N1CCN(c2nc(OCC34CCCN3CCC4)nc3c2COC(c2cccc4cccc(C)c24)C3)C[C@@H]1CC#N. The van der Waals surface area contributed by atoms with Crippen molar-refractivity contribution in [2.45, 2.75) is 69.7 Å². The molecule has 1 unspecified atom stereocenters. The predicted octanol–water partition coefficient (Wildman–Crippen LogP) is 4.88. The molecule has 4 aliphatic rings. The first kappa shape index (κ1) is 28.8. The number of anilines is 1. The number of rotatable bonds is 7. The van der Waals surface area contributed by atoms with Crippen molar-refractivity contribution < 1.29 is 14.3 Å². The molecule has 0 N–H and O–H groups in total. The summed E-state index contributed by atoms with van der Waals surface area (Å²) in [5.41, 5.74) is 4.39. The summed E-state index contributed by atoms with van der Waals surface area (Å²) in [6, 6.07) is 15.2. The molecule has 2 atom stereocenters. The number of hydrogen-bond donors (Lipinski definition) is 0. The van der Waals surface area contributed by atoms with E-state index in [2.05, 4.69) is 65.8 Å². The molecular formula is C35H40N6O3.